The Hall–Kier alpha value is -2.82. The van der Waals surface area contributed by atoms with Crippen LogP contribution in [0.15, 0.2) is 72.8 Å². The van der Waals surface area contributed by atoms with Crippen molar-refractivity contribution in [3.63, 3.8) is 0 Å². The topological polar surface area (TPSA) is 55.4 Å². The van der Waals surface area contributed by atoms with E-state index >= 15 is 0 Å². The van der Waals surface area contributed by atoms with E-state index in [1.165, 1.54) is 12.1 Å². The maximum absolute atomic E-state index is 12.3. The van der Waals surface area contributed by atoms with E-state index in [2.05, 4.69) is 5.32 Å². The molecule has 0 radical (unpaired) electrons. The van der Waals surface area contributed by atoms with Crippen molar-refractivity contribution in [2.24, 2.45) is 0 Å². The van der Waals surface area contributed by atoms with Crippen molar-refractivity contribution in [1.29, 1.82) is 0 Å². The zero-order chi connectivity index (χ0) is 19.9. The van der Waals surface area contributed by atoms with Crippen molar-refractivity contribution < 1.29 is 14.3 Å². The molecule has 28 heavy (non-hydrogen) atoms. The summed E-state index contributed by atoms with van der Waals surface area (Å²) in [6, 6.07) is 22.1. The molecule has 0 spiro atoms. The van der Waals surface area contributed by atoms with Crippen LogP contribution < -0.4 is 5.32 Å². The van der Waals surface area contributed by atoms with Gasteiger partial charge in [-0.05, 0) is 35.7 Å². The summed E-state index contributed by atoms with van der Waals surface area (Å²) in [5.74, 6) is -1.19. The number of rotatable bonds is 6. The Morgan fingerprint density at radius 2 is 1.46 bits per heavy atom. The number of hydrogen-bond acceptors (Lipinski definition) is 3. The monoisotopic (exact) mass is 413 g/mol. The predicted octanol–water partition coefficient (Wildman–Crippen LogP) is 5.38. The van der Waals surface area contributed by atoms with Crippen LogP contribution in [0.25, 0.3) is 0 Å². The fourth-order valence-electron chi connectivity index (χ4n) is 2.69. The third-order valence-corrected chi connectivity index (χ3v) is 4.66. The van der Waals surface area contributed by atoms with Crippen LogP contribution in [0.4, 0.5) is 5.69 Å². The van der Waals surface area contributed by atoms with Gasteiger partial charge in [0.05, 0.1) is 15.6 Å². The third-order valence-electron chi connectivity index (χ3n) is 4.03. The summed E-state index contributed by atoms with van der Waals surface area (Å²) >= 11 is 12.0. The highest BCUT2D eigenvalue weighted by molar-refractivity contribution is 6.39. The van der Waals surface area contributed by atoms with Crippen LogP contribution in [0, 0.1) is 0 Å². The molecule has 0 unspecified atom stereocenters. The molecule has 1 N–H and O–H groups in total. The minimum absolute atomic E-state index is 0.0445. The maximum Gasteiger partial charge on any atom is 0.341 e. The summed E-state index contributed by atoms with van der Waals surface area (Å²) < 4.78 is 5.06. The first-order valence-corrected chi connectivity index (χ1v) is 9.33. The zero-order valence-electron chi connectivity index (χ0n) is 14.8. The molecule has 0 saturated carbocycles. The van der Waals surface area contributed by atoms with E-state index in [9.17, 15) is 9.59 Å². The quantitative estimate of drug-likeness (QED) is 0.551. The van der Waals surface area contributed by atoms with Crippen molar-refractivity contribution in [2.75, 3.05) is 11.9 Å². The molecule has 0 aromatic heterocycles. The zero-order valence-corrected chi connectivity index (χ0v) is 16.3. The van der Waals surface area contributed by atoms with Crippen molar-refractivity contribution in [3.05, 3.63) is 99.5 Å². The lowest BCUT2D eigenvalue weighted by molar-refractivity contribution is -0.119. The molecule has 6 heteroatoms. The van der Waals surface area contributed by atoms with E-state index in [4.69, 9.17) is 27.9 Å². The van der Waals surface area contributed by atoms with Gasteiger partial charge in [-0.1, -0.05) is 77.8 Å². The number of nitrogens with one attached hydrogen (secondary N) is 1. The molecule has 0 saturated heterocycles. The Balaban J connectivity index is 1.63. The highest BCUT2D eigenvalue weighted by Crippen LogP contribution is 2.25. The molecular formula is C22H17Cl2NO3. The van der Waals surface area contributed by atoms with Gasteiger partial charge in [-0.3, -0.25) is 4.79 Å². The van der Waals surface area contributed by atoms with Gasteiger partial charge in [0.2, 0.25) is 0 Å². The van der Waals surface area contributed by atoms with E-state index < -0.39 is 18.5 Å². The van der Waals surface area contributed by atoms with Gasteiger partial charge in [-0.25, -0.2) is 4.79 Å². The van der Waals surface area contributed by atoms with Gasteiger partial charge in [-0.2, -0.15) is 0 Å². The van der Waals surface area contributed by atoms with Crippen molar-refractivity contribution in [1.82, 2.24) is 0 Å². The molecule has 0 aliphatic rings. The highest BCUT2D eigenvalue weighted by atomic mass is 35.5. The standard InChI is InChI=1S/C22H17Cl2NO3/c23-17-10-6-11-18(24)21(17)22(27)28-14-20(26)25-19-12-5-4-9-16(19)13-15-7-2-1-3-8-15/h1-12H,13-14H2,(H,25,26). The number of amides is 1. The molecule has 3 aromatic carbocycles. The second-order valence-electron chi connectivity index (χ2n) is 6.04. The number of carbonyl (C=O) groups is 2. The molecular weight excluding hydrogens is 397 g/mol. The van der Waals surface area contributed by atoms with E-state index in [0.717, 1.165) is 11.1 Å². The molecule has 3 rings (SSSR count). The number of esters is 1. The minimum atomic E-state index is -0.747. The van der Waals surface area contributed by atoms with Gasteiger partial charge < -0.3 is 10.1 Å². The summed E-state index contributed by atoms with van der Waals surface area (Å²) in [5.41, 5.74) is 2.80. The average Bonchev–Trinajstić information content (AvgIpc) is 2.68. The number of anilines is 1. The van der Waals surface area contributed by atoms with Gasteiger partial charge in [0, 0.05) is 5.69 Å². The third kappa shape index (κ3) is 5.12. The summed E-state index contributed by atoms with van der Waals surface area (Å²) in [7, 11) is 0. The fourth-order valence-corrected chi connectivity index (χ4v) is 3.25. The molecule has 3 aromatic rings. The largest absolute Gasteiger partial charge is 0.452 e. The van der Waals surface area contributed by atoms with Crippen LogP contribution in [-0.2, 0) is 16.0 Å². The molecule has 0 heterocycles. The van der Waals surface area contributed by atoms with Gasteiger partial charge in [-0.15, -0.1) is 0 Å². The van der Waals surface area contributed by atoms with Crippen molar-refractivity contribution in [2.45, 2.75) is 6.42 Å². The van der Waals surface area contributed by atoms with Gasteiger partial charge in [0.15, 0.2) is 6.61 Å². The van der Waals surface area contributed by atoms with Gasteiger partial charge in [0.1, 0.15) is 0 Å². The van der Waals surface area contributed by atoms with E-state index in [1.54, 1.807) is 6.07 Å². The SMILES string of the molecule is O=C(COC(=O)c1c(Cl)cccc1Cl)Nc1ccccc1Cc1ccccc1. The molecule has 1 amide bonds. The second-order valence-corrected chi connectivity index (χ2v) is 6.85. The number of ether oxygens (including phenoxy) is 1. The van der Waals surface area contributed by atoms with E-state index in [0.29, 0.717) is 12.1 Å². The van der Waals surface area contributed by atoms with E-state index in [-0.39, 0.29) is 15.6 Å². The lowest BCUT2D eigenvalue weighted by Gasteiger charge is -2.12. The Morgan fingerprint density at radius 1 is 0.821 bits per heavy atom. The normalized spacial score (nSPS) is 10.4. The summed E-state index contributed by atoms with van der Waals surface area (Å²) in [6.45, 7) is -0.444. The summed E-state index contributed by atoms with van der Waals surface area (Å²) in [5, 5.41) is 3.13. The van der Waals surface area contributed by atoms with Crippen LogP contribution in [0.5, 0.6) is 0 Å². The Bertz CT molecular complexity index is 970. The van der Waals surface area contributed by atoms with Crippen LogP contribution in [0.1, 0.15) is 21.5 Å². The number of hydrogen-bond donors (Lipinski definition) is 1. The smallest absolute Gasteiger partial charge is 0.341 e. The van der Waals surface area contributed by atoms with E-state index in [1.807, 2.05) is 54.6 Å². The Labute approximate surface area is 173 Å². The molecule has 0 atom stereocenters. The van der Waals surface area contributed by atoms with Crippen molar-refractivity contribution in [3.8, 4) is 0 Å². The Kier molecular flexibility index (Phi) is 6.69. The molecule has 142 valence electrons. The second kappa shape index (κ2) is 9.40. The minimum Gasteiger partial charge on any atom is -0.452 e. The maximum atomic E-state index is 12.3. The summed E-state index contributed by atoms with van der Waals surface area (Å²) in [6.07, 6.45) is 0.673. The fraction of sp³-hybridized carbons (Fsp3) is 0.0909. The lowest BCUT2D eigenvalue weighted by atomic mass is 10.0. The molecule has 4 nitrogen and oxygen atoms in total. The molecule has 0 bridgehead atoms. The Morgan fingerprint density at radius 3 is 2.18 bits per heavy atom. The average molecular weight is 414 g/mol. The van der Waals surface area contributed by atoms with Gasteiger partial charge >= 0.3 is 5.97 Å². The van der Waals surface area contributed by atoms with Crippen LogP contribution in [0.3, 0.4) is 0 Å². The molecule has 0 aliphatic carbocycles. The lowest BCUT2D eigenvalue weighted by Crippen LogP contribution is -2.22. The first-order chi connectivity index (χ1) is 13.5. The highest BCUT2D eigenvalue weighted by Gasteiger charge is 2.17. The number of halogens is 2. The van der Waals surface area contributed by atoms with Crippen molar-refractivity contribution >= 4 is 40.8 Å². The molecule has 0 aliphatic heterocycles. The first kappa shape index (κ1) is 19.9. The van der Waals surface area contributed by atoms with Crippen LogP contribution in [0.2, 0.25) is 10.0 Å². The first-order valence-electron chi connectivity index (χ1n) is 8.57. The van der Waals surface area contributed by atoms with Gasteiger partial charge in [0.25, 0.3) is 5.91 Å². The van der Waals surface area contributed by atoms with Crippen LogP contribution in [-0.4, -0.2) is 18.5 Å². The summed E-state index contributed by atoms with van der Waals surface area (Å²) in [4.78, 5) is 24.4. The number of para-hydroxylation sites is 1. The molecule has 0 fully saturated rings. The number of benzene rings is 3. The number of carbonyl (C=O) groups excluding carboxylic acids is 2. The van der Waals surface area contributed by atoms with Crippen LogP contribution >= 0.6 is 23.2 Å². The predicted molar refractivity (Wildman–Crippen MR) is 111 cm³/mol.